The minimum Gasteiger partial charge on any atom is -0.478 e. The fourth-order valence-electron chi connectivity index (χ4n) is 1.87. The van der Waals surface area contributed by atoms with Crippen LogP contribution in [0.1, 0.15) is 29.3 Å². The molecule has 1 rings (SSSR count). The van der Waals surface area contributed by atoms with Crippen molar-refractivity contribution in [2.75, 3.05) is 30.3 Å². The molecule has 5 heteroatoms. The Hall–Kier alpha value is -1.75. The standard InChI is InChI=1S/C13H20N2O3/c1-3-15(5-4-6-16)10-7-9(2)12(14)11(8-10)13(17)18/h7-8,16H,3-6,14H2,1-2H3,(H,17,18). The Morgan fingerprint density at radius 3 is 2.61 bits per heavy atom. The van der Waals surface area contributed by atoms with Crippen molar-refractivity contribution >= 4 is 17.3 Å². The molecule has 0 amide bonds. The van der Waals surface area contributed by atoms with Gasteiger partial charge in [0.15, 0.2) is 0 Å². The van der Waals surface area contributed by atoms with Crippen molar-refractivity contribution in [2.24, 2.45) is 0 Å². The second kappa shape index (κ2) is 6.26. The first-order valence-electron chi connectivity index (χ1n) is 6.00. The van der Waals surface area contributed by atoms with Gasteiger partial charge in [0.05, 0.1) is 5.56 Å². The van der Waals surface area contributed by atoms with Crippen LogP contribution in [0, 0.1) is 6.92 Å². The average Bonchev–Trinajstić information content (AvgIpc) is 2.33. The number of anilines is 2. The molecule has 1 aromatic rings. The van der Waals surface area contributed by atoms with Crippen molar-refractivity contribution in [1.29, 1.82) is 0 Å². The molecule has 18 heavy (non-hydrogen) atoms. The first-order valence-corrected chi connectivity index (χ1v) is 6.00. The second-order valence-electron chi connectivity index (χ2n) is 4.19. The van der Waals surface area contributed by atoms with Gasteiger partial charge in [-0.05, 0) is 38.0 Å². The highest BCUT2D eigenvalue weighted by Crippen LogP contribution is 2.25. The Morgan fingerprint density at radius 1 is 1.44 bits per heavy atom. The van der Waals surface area contributed by atoms with Gasteiger partial charge in [-0.3, -0.25) is 0 Å². The summed E-state index contributed by atoms with van der Waals surface area (Å²) in [5, 5.41) is 18.0. The second-order valence-corrected chi connectivity index (χ2v) is 4.19. The lowest BCUT2D eigenvalue weighted by molar-refractivity contribution is 0.0698. The van der Waals surface area contributed by atoms with Gasteiger partial charge >= 0.3 is 5.97 Å². The molecule has 0 aliphatic rings. The first kappa shape index (κ1) is 14.3. The Balaban J connectivity index is 3.11. The van der Waals surface area contributed by atoms with Crippen LogP contribution in [0.25, 0.3) is 0 Å². The smallest absolute Gasteiger partial charge is 0.337 e. The molecule has 0 aliphatic carbocycles. The predicted molar refractivity (Wildman–Crippen MR) is 72.1 cm³/mol. The van der Waals surface area contributed by atoms with Crippen LogP contribution in [0.15, 0.2) is 12.1 Å². The lowest BCUT2D eigenvalue weighted by Crippen LogP contribution is -2.25. The van der Waals surface area contributed by atoms with Crippen LogP contribution in [0.4, 0.5) is 11.4 Å². The number of carboxylic acid groups (broad SMARTS) is 1. The maximum Gasteiger partial charge on any atom is 0.337 e. The first-order chi connectivity index (χ1) is 8.51. The minimum atomic E-state index is -1.02. The molecule has 1 aromatic carbocycles. The zero-order valence-electron chi connectivity index (χ0n) is 10.8. The van der Waals surface area contributed by atoms with Gasteiger partial charge in [-0.25, -0.2) is 4.79 Å². The Kier molecular flexibility index (Phi) is 4.97. The predicted octanol–water partition coefficient (Wildman–Crippen LogP) is 1.48. The van der Waals surface area contributed by atoms with E-state index in [1.165, 1.54) is 0 Å². The van der Waals surface area contributed by atoms with Gasteiger partial charge in [-0.2, -0.15) is 0 Å². The lowest BCUT2D eigenvalue weighted by atomic mass is 10.1. The van der Waals surface area contributed by atoms with Crippen LogP contribution >= 0.6 is 0 Å². The summed E-state index contributed by atoms with van der Waals surface area (Å²) in [6, 6.07) is 3.47. The van der Waals surface area contributed by atoms with E-state index in [0.29, 0.717) is 18.7 Å². The molecule has 4 N–H and O–H groups in total. The molecule has 0 unspecified atom stereocenters. The monoisotopic (exact) mass is 252 g/mol. The number of aliphatic hydroxyl groups excluding tert-OH is 1. The molecule has 100 valence electrons. The minimum absolute atomic E-state index is 0.121. The average molecular weight is 252 g/mol. The third kappa shape index (κ3) is 3.13. The van der Waals surface area contributed by atoms with E-state index in [0.717, 1.165) is 17.8 Å². The van der Waals surface area contributed by atoms with Gasteiger partial charge in [0, 0.05) is 31.1 Å². The number of aromatic carboxylic acids is 1. The summed E-state index contributed by atoms with van der Waals surface area (Å²) in [6.07, 6.45) is 0.652. The summed E-state index contributed by atoms with van der Waals surface area (Å²) >= 11 is 0. The van der Waals surface area contributed by atoms with E-state index < -0.39 is 5.97 Å². The number of nitrogens with two attached hydrogens (primary N) is 1. The van der Waals surface area contributed by atoms with Gasteiger partial charge < -0.3 is 20.8 Å². The van der Waals surface area contributed by atoms with Crippen molar-refractivity contribution in [3.63, 3.8) is 0 Å². The summed E-state index contributed by atoms with van der Waals surface area (Å²) in [4.78, 5) is 13.1. The number of carbonyl (C=O) groups is 1. The largest absolute Gasteiger partial charge is 0.478 e. The van der Waals surface area contributed by atoms with E-state index in [-0.39, 0.29) is 12.2 Å². The fourth-order valence-corrected chi connectivity index (χ4v) is 1.87. The summed E-state index contributed by atoms with van der Waals surface area (Å²) in [5.41, 5.74) is 7.78. The summed E-state index contributed by atoms with van der Waals surface area (Å²) in [5.74, 6) is -1.02. The maximum absolute atomic E-state index is 11.1. The summed E-state index contributed by atoms with van der Waals surface area (Å²) < 4.78 is 0. The van der Waals surface area contributed by atoms with Gasteiger partial charge in [0.1, 0.15) is 0 Å². The normalized spacial score (nSPS) is 10.4. The van der Waals surface area contributed by atoms with E-state index in [4.69, 9.17) is 15.9 Å². The number of aliphatic hydroxyl groups is 1. The molecule has 0 aliphatic heterocycles. The van der Waals surface area contributed by atoms with Crippen molar-refractivity contribution in [3.8, 4) is 0 Å². The molecular formula is C13H20N2O3. The van der Waals surface area contributed by atoms with Crippen molar-refractivity contribution < 1.29 is 15.0 Å². The molecule has 0 spiro atoms. The summed E-state index contributed by atoms with van der Waals surface area (Å²) in [6.45, 7) is 5.35. The number of rotatable bonds is 6. The number of aryl methyl sites for hydroxylation is 1. The number of nitrogen functional groups attached to an aromatic ring is 1. The molecule has 0 fully saturated rings. The number of hydrogen-bond acceptors (Lipinski definition) is 4. The van der Waals surface area contributed by atoms with Crippen molar-refractivity contribution in [3.05, 3.63) is 23.3 Å². The number of benzene rings is 1. The SMILES string of the molecule is CCN(CCCO)c1cc(C)c(N)c(C(=O)O)c1. The van der Waals surface area contributed by atoms with Gasteiger partial charge in [0.25, 0.3) is 0 Å². The molecule has 0 saturated heterocycles. The zero-order chi connectivity index (χ0) is 13.7. The number of carboxylic acids is 1. The van der Waals surface area contributed by atoms with Gasteiger partial charge in [0.2, 0.25) is 0 Å². The fraction of sp³-hybridized carbons (Fsp3) is 0.462. The van der Waals surface area contributed by atoms with E-state index >= 15 is 0 Å². The van der Waals surface area contributed by atoms with Crippen LogP contribution in [0.2, 0.25) is 0 Å². The number of nitrogens with zero attached hydrogens (tertiary/aromatic N) is 1. The highest BCUT2D eigenvalue weighted by atomic mass is 16.4. The maximum atomic E-state index is 11.1. The molecule has 5 nitrogen and oxygen atoms in total. The van der Waals surface area contributed by atoms with Crippen LogP contribution in [0.5, 0.6) is 0 Å². The van der Waals surface area contributed by atoms with E-state index in [9.17, 15) is 4.79 Å². The van der Waals surface area contributed by atoms with Crippen LogP contribution in [-0.4, -0.2) is 35.9 Å². The number of hydrogen-bond donors (Lipinski definition) is 3. The Labute approximate surface area is 107 Å². The summed E-state index contributed by atoms with van der Waals surface area (Å²) in [7, 11) is 0. The Bertz CT molecular complexity index is 432. The molecule has 0 radical (unpaired) electrons. The van der Waals surface area contributed by atoms with Crippen LogP contribution in [-0.2, 0) is 0 Å². The van der Waals surface area contributed by atoms with Crippen molar-refractivity contribution in [2.45, 2.75) is 20.3 Å². The molecule has 0 heterocycles. The molecule has 0 atom stereocenters. The lowest BCUT2D eigenvalue weighted by Gasteiger charge is -2.24. The van der Waals surface area contributed by atoms with Crippen molar-refractivity contribution in [1.82, 2.24) is 0 Å². The quantitative estimate of drug-likeness (QED) is 0.668. The molecule has 0 bridgehead atoms. The van der Waals surface area contributed by atoms with Crippen LogP contribution < -0.4 is 10.6 Å². The van der Waals surface area contributed by atoms with E-state index in [2.05, 4.69) is 0 Å². The third-order valence-electron chi connectivity index (χ3n) is 2.94. The molecule has 0 saturated carbocycles. The zero-order valence-corrected chi connectivity index (χ0v) is 10.8. The van der Waals surface area contributed by atoms with E-state index in [1.54, 1.807) is 13.0 Å². The van der Waals surface area contributed by atoms with Gasteiger partial charge in [-0.1, -0.05) is 0 Å². The third-order valence-corrected chi connectivity index (χ3v) is 2.94. The highest BCUT2D eigenvalue weighted by Gasteiger charge is 2.14. The highest BCUT2D eigenvalue weighted by molar-refractivity contribution is 5.95. The topological polar surface area (TPSA) is 86.8 Å². The van der Waals surface area contributed by atoms with E-state index in [1.807, 2.05) is 17.9 Å². The molecular weight excluding hydrogens is 232 g/mol. The molecule has 0 aromatic heterocycles. The Morgan fingerprint density at radius 2 is 2.11 bits per heavy atom. The van der Waals surface area contributed by atoms with Crippen LogP contribution in [0.3, 0.4) is 0 Å². The van der Waals surface area contributed by atoms with Gasteiger partial charge in [-0.15, -0.1) is 0 Å².